The molecule has 10 aromatic carbocycles. The highest BCUT2D eigenvalue weighted by atomic mass is 15.1. The Morgan fingerprint density at radius 2 is 0.403 bits per heavy atom. The Labute approximate surface area is 364 Å². The van der Waals surface area contributed by atoms with Crippen LogP contribution < -0.4 is 9.80 Å². The Bertz CT molecular complexity index is 2900. The first kappa shape index (κ1) is 38.0. The molecule has 0 fully saturated rings. The molecular formula is C60H44N2. The zero-order valence-electron chi connectivity index (χ0n) is 34.3. The Balaban J connectivity index is 0.953. The molecule has 62 heavy (non-hydrogen) atoms. The molecule has 10 rings (SSSR count). The number of para-hydroxylation sites is 2. The van der Waals surface area contributed by atoms with Crippen molar-refractivity contribution < 1.29 is 0 Å². The zero-order chi connectivity index (χ0) is 41.5. The van der Waals surface area contributed by atoms with E-state index in [1.165, 1.54) is 38.9 Å². The van der Waals surface area contributed by atoms with Crippen molar-refractivity contribution in [3.8, 4) is 55.6 Å². The average molecular weight is 793 g/mol. The van der Waals surface area contributed by atoms with Gasteiger partial charge in [-0.1, -0.05) is 200 Å². The molecule has 0 aliphatic carbocycles. The van der Waals surface area contributed by atoms with E-state index in [1.54, 1.807) is 0 Å². The van der Waals surface area contributed by atoms with Gasteiger partial charge in [0.2, 0.25) is 0 Å². The van der Waals surface area contributed by atoms with Crippen LogP contribution in [0.3, 0.4) is 0 Å². The van der Waals surface area contributed by atoms with Crippen molar-refractivity contribution in [2.24, 2.45) is 0 Å². The van der Waals surface area contributed by atoms with Gasteiger partial charge < -0.3 is 9.80 Å². The zero-order valence-corrected chi connectivity index (χ0v) is 34.3. The molecule has 0 aliphatic rings. The fourth-order valence-corrected chi connectivity index (χ4v) is 8.31. The van der Waals surface area contributed by atoms with Gasteiger partial charge in [0.15, 0.2) is 0 Å². The van der Waals surface area contributed by atoms with Crippen molar-refractivity contribution in [3.63, 3.8) is 0 Å². The number of hydrogen-bond acceptors (Lipinski definition) is 2. The fourth-order valence-electron chi connectivity index (χ4n) is 8.31. The van der Waals surface area contributed by atoms with Crippen LogP contribution in [-0.4, -0.2) is 0 Å². The fraction of sp³-hybridized carbons (Fsp3) is 0. The van der Waals surface area contributed by atoms with Crippen LogP contribution in [0.15, 0.2) is 267 Å². The van der Waals surface area contributed by atoms with Crippen molar-refractivity contribution in [1.29, 1.82) is 0 Å². The van der Waals surface area contributed by atoms with E-state index in [1.807, 2.05) is 0 Å². The third-order valence-electron chi connectivity index (χ3n) is 11.5. The Morgan fingerprint density at radius 1 is 0.161 bits per heavy atom. The molecule has 0 aromatic heterocycles. The number of rotatable bonds is 11. The molecule has 0 saturated carbocycles. The van der Waals surface area contributed by atoms with Gasteiger partial charge in [0.1, 0.15) is 0 Å². The lowest BCUT2D eigenvalue weighted by Gasteiger charge is -2.28. The topological polar surface area (TPSA) is 6.48 Å². The van der Waals surface area contributed by atoms with Crippen molar-refractivity contribution >= 4 is 34.1 Å². The minimum atomic E-state index is 1.09. The monoisotopic (exact) mass is 792 g/mol. The Kier molecular flexibility index (Phi) is 10.8. The predicted octanol–water partition coefficient (Wildman–Crippen LogP) is 17.0. The quantitative estimate of drug-likeness (QED) is 0.129. The predicted molar refractivity (Wildman–Crippen MR) is 263 cm³/mol. The van der Waals surface area contributed by atoms with Gasteiger partial charge in [-0.2, -0.15) is 0 Å². The molecule has 2 heteroatoms. The van der Waals surface area contributed by atoms with Gasteiger partial charge in [0.25, 0.3) is 0 Å². The highest BCUT2D eigenvalue weighted by molar-refractivity contribution is 5.89. The molecule has 0 aliphatic heterocycles. The van der Waals surface area contributed by atoms with Crippen molar-refractivity contribution in [3.05, 3.63) is 267 Å². The number of hydrogen-bond donors (Lipinski definition) is 0. The highest BCUT2D eigenvalue weighted by Gasteiger charge is 2.18. The maximum atomic E-state index is 2.35. The number of nitrogens with zero attached hydrogens (tertiary/aromatic N) is 2. The average Bonchev–Trinajstić information content (AvgIpc) is 3.36. The van der Waals surface area contributed by atoms with Crippen molar-refractivity contribution in [2.75, 3.05) is 9.80 Å². The summed E-state index contributed by atoms with van der Waals surface area (Å²) in [6.07, 6.45) is 0. The summed E-state index contributed by atoms with van der Waals surface area (Å²) >= 11 is 0. The standard InChI is InChI=1S/C60H44N2/c1-5-15-45(16-6-1)49-29-37-55(38-30-49)61(56-39-31-50(32-40-56)46-17-7-2-8-18-46)57-41-33-52(34-42-57)48-25-27-53(28-26-48)59-23-13-14-24-60(59)62(54-21-11-4-12-22-54)58-43-35-51(36-44-58)47-19-9-3-10-20-47/h1-44H. The summed E-state index contributed by atoms with van der Waals surface area (Å²) in [5, 5.41) is 0. The van der Waals surface area contributed by atoms with E-state index in [4.69, 9.17) is 0 Å². The first-order valence-corrected chi connectivity index (χ1v) is 21.2. The van der Waals surface area contributed by atoms with Gasteiger partial charge in [-0.15, -0.1) is 0 Å². The van der Waals surface area contributed by atoms with E-state index in [9.17, 15) is 0 Å². The summed E-state index contributed by atoms with van der Waals surface area (Å²) < 4.78 is 0. The smallest absolute Gasteiger partial charge is 0.0540 e. The third-order valence-corrected chi connectivity index (χ3v) is 11.5. The van der Waals surface area contributed by atoms with Crippen LogP contribution >= 0.6 is 0 Å². The van der Waals surface area contributed by atoms with E-state index in [-0.39, 0.29) is 0 Å². The SMILES string of the molecule is c1ccc(-c2ccc(N(c3ccc(-c4ccccc4)cc3)c3ccc(-c4ccc(-c5ccccc5N(c5ccccc5)c5ccc(-c6ccccc6)cc5)cc4)cc3)cc2)cc1. The molecule has 0 amide bonds. The molecule has 0 unspecified atom stereocenters. The molecule has 0 atom stereocenters. The molecule has 2 nitrogen and oxygen atoms in total. The first-order valence-electron chi connectivity index (χ1n) is 21.2. The number of benzene rings is 10. The second kappa shape index (κ2) is 17.6. The molecule has 0 radical (unpaired) electrons. The van der Waals surface area contributed by atoms with Crippen molar-refractivity contribution in [1.82, 2.24) is 0 Å². The van der Waals surface area contributed by atoms with E-state index in [0.29, 0.717) is 0 Å². The minimum Gasteiger partial charge on any atom is -0.311 e. The van der Waals surface area contributed by atoms with Crippen LogP contribution in [0.2, 0.25) is 0 Å². The lowest BCUT2D eigenvalue weighted by Crippen LogP contribution is -2.11. The van der Waals surface area contributed by atoms with Crippen LogP contribution in [0.4, 0.5) is 34.1 Å². The summed E-state index contributed by atoms with van der Waals surface area (Å²) in [6, 6.07) is 95.5. The molecule has 294 valence electrons. The third kappa shape index (κ3) is 8.06. The van der Waals surface area contributed by atoms with Gasteiger partial charge in [0.05, 0.1) is 5.69 Å². The molecule has 10 aromatic rings. The van der Waals surface area contributed by atoms with Crippen LogP contribution in [0.5, 0.6) is 0 Å². The minimum absolute atomic E-state index is 1.09. The van der Waals surface area contributed by atoms with Crippen LogP contribution in [0, 0.1) is 0 Å². The maximum absolute atomic E-state index is 2.35. The lowest BCUT2D eigenvalue weighted by molar-refractivity contribution is 1.28. The summed E-state index contributed by atoms with van der Waals surface area (Å²) in [5.41, 5.74) is 18.5. The number of anilines is 6. The highest BCUT2D eigenvalue weighted by Crippen LogP contribution is 2.42. The Morgan fingerprint density at radius 3 is 0.774 bits per heavy atom. The molecule has 0 N–H and O–H groups in total. The summed E-state index contributed by atoms with van der Waals surface area (Å²) in [6.45, 7) is 0. The lowest BCUT2D eigenvalue weighted by atomic mass is 9.98. The Hall–Kier alpha value is -8.20. The van der Waals surface area contributed by atoms with Gasteiger partial charge >= 0.3 is 0 Å². The van der Waals surface area contributed by atoms with E-state index < -0.39 is 0 Å². The van der Waals surface area contributed by atoms with Crippen LogP contribution in [0.1, 0.15) is 0 Å². The van der Waals surface area contributed by atoms with Gasteiger partial charge in [0, 0.05) is 34.0 Å². The van der Waals surface area contributed by atoms with Crippen molar-refractivity contribution in [2.45, 2.75) is 0 Å². The van der Waals surface area contributed by atoms with Crippen LogP contribution in [0.25, 0.3) is 55.6 Å². The largest absolute Gasteiger partial charge is 0.311 e. The van der Waals surface area contributed by atoms with Gasteiger partial charge in [-0.25, -0.2) is 0 Å². The summed E-state index contributed by atoms with van der Waals surface area (Å²) in [5.74, 6) is 0. The molecule has 0 saturated heterocycles. The molecular weight excluding hydrogens is 749 g/mol. The molecule has 0 heterocycles. The van der Waals surface area contributed by atoms with E-state index >= 15 is 0 Å². The van der Waals surface area contributed by atoms with E-state index in [0.717, 1.165) is 50.8 Å². The summed E-state index contributed by atoms with van der Waals surface area (Å²) in [4.78, 5) is 4.69. The van der Waals surface area contributed by atoms with Gasteiger partial charge in [-0.3, -0.25) is 0 Å². The molecule has 0 spiro atoms. The molecule has 0 bridgehead atoms. The maximum Gasteiger partial charge on any atom is 0.0540 e. The summed E-state index contributed by atoms with van der Waals surface area (Å²) in [7, 11) is 0. The second-order valence-electron chi connectivity index (χ2n) is 15.4. The van der Waals surface area contributed by atoms with E-state index in [2.05, 4.69) is 277 Å². The van der Waals surface area contributed by atoms with Crippen LogP contribution in [-0.2, 0) is 0 Å². The normalized spacial score (nSPS) is 10.9. The second-order valence-corrected chi connectivity index (χ2v) is 15.4. The van der Waals surface area contributed by atoms with Gasteiger partial charge in [-0.05, 0) is 117 Å². The first-order chi connectivity index (χ1) is 30.7.